The van der Waals surface area contributed by atoms with Crippen molar-refractivity contribution in [2.45, 2.75) is 39.0 Å². The molecule has 3 atom stereocenters. The molecule has 25 heavy (non-hydrogen) atoms. The Kier molecular flexibility index (Phi) is 10.7. The summed E-state index contributed by atoms with van der Waals surface area (Å²) >= 11 is 5.88. The van der Waals surface area contributed by atoms with Crippen LogP contribution in [0, 0.1) is 5.92 Å². The van der Waals surface area contributed by atoms with E-state index in [1.165, 1.54) is 0 Å². The van der Waals surface area contributed by atoms with Gasteiger partial charge < -0.3 is 21.1 Å². The Morgan fingerprint density at radius 2 is 1.76 bits per heavy atom. The van der Waals surface area contributed by atoms with Crippen molar-refractivity contribution in [1.82, 2.24) is 10.6 Å². The van der Waals surface area contributed by atoms with E-state index in [1.807, 2.05) is 32.9 Å². The van der Waals surface area contributed by atoms with Gasteiger partial charge >= 0.3 is 0 Å². The van der Waals surface area contributed by atoms with Crippen LogP contribution in [0.1, 0.15) is 32.4 Å². The van der Waals surface area contributed by atoms with Crippen molar-refractivity contribution in [3.05, 3.63) is 34.9 Å². The quantitative estimate of drug-likeness (QED) is 0.631. The fourth-order valence-electron chi connectivity index (χ4n) is 2.25. The lowest BCUT2D eigenvalue weighted by molar-refractivity contribution is -0.128. The van der Waals surface area contributed by atoms with Gasteiger partial charge in [0, 0.05) is 12.1 Å². The van der Waals surface area contributed by atoms with Crippen molar-refractivity contribution in [2.24, 2.45) is 11.7 Å². The van der Waals surface area contributed by atoms with Crippen LogP contribution in [0.2, 0.25) is 5.02 Å². The second kappa shape index (κ2) is 11.3. The standard InChI is InChI=1S/C17H26ClN3O3.ClH/c1-10(2)15(19)17(23)20-9-14(22)21-11(3)16(24-4)12-5-7-13(18)8-6-12;/h5-8,10-11,15-16H,9,19H2,1-4H3,(H,20,23)(H,21,22);1H/t11?,15-,16?;/m0./s1. The second-order valence-electron chi connectivity index (χ2n) is 6.05. The Labute approximate surface area is 160 Å². The highest BCUT2D eigenvalue weighted by molar-refractivity contribution is 6.30. The first kappa shape index (κ1) is 23.7. The molecule has 0 aromatic heterocycles. The topological polar surface area (TPSA) is 93.5 Å². The first-order valence-electron chi connectivity index (χ1n) is 7.87. The summed E-state index contributed by atoms with van der Waals surface area (Å²) in [5, 5.41) is 5.99. The number of carbonyl (C=O) groups is 2. The van der Waals surface area contributed by atoms with Gasteiger partial charge in [0.05, 0.1) is 18.6 Å². The molecule has 0 aliphatic rings. The number of carbonyl (C=O) groups excluding carboxylic acids is 2. The number of amides is 2. The summed E-state index contributed by atoms with van der Waals surface area (Å²) in [7, 11) is 1.57. The zero-order valence-corrected chi connectivity index (χ0v) is 16.5. The Balaban J connectivity index is 0.00000576. The molecule has 0 aliphatic heterocycles. The number of rotatable bonds is 8. The number of methoxy groups -OCH3 is 1. The van der Waals surface area contributed by atoms with Crippen molar-refractivity contribution in [2.75, 3.05) is 13.7 Å². The number of nitrogens with one attached hydrogen (secondary N) is 2. The van der Waals surface area contributed by atoms with E-state index in [0.717, 1.165) is 5.56 Å². The molecule has 0 bridgehead atoms. The van der Waals surface area contributed by atoms with Crippen LogP contribution < -0.4 is 16.4 Å². The SMILES string of the molecule is COC(c1ccc(Cl)cc1)C(C)NC(=O)CNC(=O)[C@@H](N)C(C)C.Cl. The van der Waals surface area contributed by atoms with Crippen LogP contribution in [0.3, 0.4) is 0 Å². The van der Waals surface area contributed by atoms with E-state index in [0.29, 0.717) is 5.02 Å². The lowest BCUT2D eigenvalue weighted by Gasteiger charge is -2.24. The molecule has 8 heteroatoms. The van der Waals surface area contributed by atoms with Gasteiger partial charge in [-0.1, -0.05) is 37.6 Å². The number of hydrogen-bond donors (Lipinski definition) is 3. The monoisotopic (exact) mass is 391 g/mol. The summed E-state index contributed by atoms with van der Waals surface area (Å²) in [6.45, 7) is 5.41. The van der Waals surface area contributed by atoms with E-state index < -0.39 is 6.04 Å². The number of hydrogen-bond acceptors (Lipinski definition) is 4. The van der Waals surface area contributed by atoms with Crippen LogP contribution >= 0.6 is 24.0 Å². The summed E-state index contributed by atoms with van der Waals surface area (Å²) in [5.41, 5.74) is 6.63. The highest BCUT2D eigenvalue weighted by atomic mass is 35.5. The summed E-state index contributed by atoms with van der Waals surface area (Å²) in [6, 6.07) is 6.33. The highest BCUT2D eigenvalue weighted by Gasteiger charge is 2.22. The van der Waals surface area contributed by atoms with Gasteiger partial charge in [-0.15, -0.1) is 12.4 Å². The maximum absolute atomic E-state index is 12.0. The first-order chi connectivity index (χ1) is 11.3. The van der Waals surface area contributed by atoms with Crippen LogP contribution in [0.4, 0.5) is 0 Å². The Hall–Kier alpha value is -1.34. The van der Waals surface area contributed by atoms with E-state index in [4.69, 9.17) is 22.1 Å². The zero-order valence-electron chi connectivity index (χ0n) is 14.9. The van der Waals surface area contributed by atoms with Gasteiger partial charge in [-0.25, -0.2) is 0 Å². The third-order valence-electron chi connectivity index (χ3n) is 3.74. The first-order valence-corrected chi connectivity index (χ1v) is 8.25. The maximum Gasteiger partial charge on any atom is 0.239 e. The average molecular weight is 392 g/mol. The lowest BCUT2D eigenvalue weighted by Crippen LogP contribution is -2.48. The molecule has 0 saturated heterocycles. The molecule has 0 fully saturated rings. The van der Waals surface area contributed by atoms with Crippen LogP contribution in [-0.4, -0.2) is 37.6 Å². The van der Waals surface area contributed by atoms with E-state index in [9.17, 15) is 9.59 Å². The molecule has 1 aromatic carbocycles. The molecule has 0 aliphatic carbocycles. The number of halogens is 2. The fraction of sp³-hybridized carbons (Fsp3) is 0.529. The number of ether oxygens (including phenoxy) is 1. The normalized spacial score (nSPS) is 14.2. The van der Waals surface area contributed by atoms with Gasteiger partial charge in [0.2, 0.25) is 11.8 Å². The molecular formula is C17H27Cl2N3O3. The van der Waals surface area contributed by atoms with Crippen molar-refractivity contribution >= 4 is 35.8 Å². The smallest absolute Gasteiger partial charge is 0.239 e. The molecule has 0 radical (unpaired) electrons. The molecule has 2 amide bonds. The summed E-state index contributed by atoms with van der Waals surface area (Å²) in [4.78, 5) is 23.8. The molecule has 2 unspecified atom stereocenters. The molecule has 142 valence electrons. The van der Waals surface area contributed by atoms with Gasteiger partial charge in [0.15, 0.2) is 0 Å². The van der Waals surface area contributed by atoms with Gasteiger partial charge in [-0.3, -0.25) is 9.59 Å². The zero-order chi connectivity index (χ0) is 18.3. The van der Waals surface area contributed by atoms with Gasteiger partial charge in [0.1, 0.15) is 6.10 Å². The molecular weight excluding hydrogens is 365 g/mol. The summed E-state index contributed by atoms with van der Waals surface area (Å²) < 4.78 is 5.47. The van der Waals surface area contributed by atoms with Crippen molar-refractivity contribution in [3.63, 3.8) is 0 Å². The van der Waals surface area contributed by atoms with Gasteiger partial charge in [-0.05, 0) is 30.5 Å². The minimum absolute atomic E-state index is 0. The van der Waals surface area contributed by atoms with Crippen LogP contribution in [-0.2, 0) is 14.3 Å². The molecule has 0 heterocycles. The minimum Gasteiger partial charge on any atom is -0.375 e. The molecule has 0 spiro atoms. The van der Waals surface area contributed by atoms with Gasteiger partial charge in [-0.2, -0.15) is 0 Å². The van der Waals surface area contributed by atoms with E-state index in [-0.39, 0.29) is 48.8 Å². The molecule has 4 N–H and O–H groups in total. The third kappa shape index (κ3) is 7.61. The molecule has 1 rings (SSSR count). The third-order valence-corrected chi connectivity index (χ3v) is 3.99. The predicted octanol–water partition coefficient (Wildman–Crippen LogP) is 2.05. The second-order valence-corrected chi connectivity index (χ2v) is 6.49. The minimum atomic E-state index is -0.629. The summed E-state index contributed by atoms with van der Waals surface area (Å²) in [5.74, 6) is -0.633. The van der Waals surface area contributed by atoms with E-state index in [1.54, 1.807) is 19.2 Å². The molecule has 1 aromatic rings. The summed E-state index contributed by atoms with van der Waals surface area (Å²) in [6.07, 6.45) is -0.320. The van der Waals surface area contributed by atoms with Crippen LogP contribution in [0.15, 0.2) is 24.3 Å². The molecule has 0 saturated carbocycles. The predicted molar refractivity (Wildman–Crippen MR) is 102 cm³/mol. The Bertz CT molecular complexity index is 553. The van der Waals surface area contributed by atoms with Crippen molar-refractivity contribution < 1.29 is 14.3 Å². The largest absolute Gasteiger partial charge is 0.375 e. The highest BCUT2D eigenvalue weighted by Crippen LogP contribution is 2.22. The van der Waals surface area contributed by atoms with Crippen LogP contribution in [0.5, 0.6) is 0 Å². The van der Waals surface area contributed by atoms with Gasteiger partial charge in [0.25, 0.3) is 0 Å². The molecule has 6 nitrogen and oxygen atoms in total. The lowest BCUT2D eigenvalue weighted by atomic mass is 10.0. The van der Waals surface area contributed by atoms with Crippen LogP contribution in [0.25, 0.3) is 0 Å². The maximum atomic E-state index is 12.0. The van der Waals surface area contributed by atoms with E-state index in [2.05, 4.69) is 10.6 Å². The van der Waals surface area contributed by atoms with E-state index >= 15 is 0 Å². The van der Waals surface area contributed by atoms with Crippen molar-refractivity contribution in [3.8, 4) is 0 Å². The Morgan fingerprint density at radius 3 is 2.24 bits per heavy atom. The average Bonchev–Trinajstić information content (AvgIpc) is 2.54. The fourth-order valence-corrected chi connectivity index (χ4v) is 2.38. The number of nitrogens with two attached hydrogens (primary N) is 1. The van der Waals surface area contributed by atoms with Crippen molar-refractivity contribution in [1.29, 1.82) is 0 Å². The Morgan fingerprint density at radius 1 is 1.20 bits per heavy atom. The number of benzene rings is 1.